The van der Waals surface area contributed by atoms with Gasteiger partial charge in [-0.25, -0.2) is 13.1 Å². The van der Waals surface area contributed by atoms with Gasteiger partial charge in [-0.1, -0.05) is 11.8 Å². The Morgan fingerprint density at radius 1 is 1.30 bits per heavy atom. The third-order valence-corrected chi connectivity index (χ3v) is 4.39. The highest BCUT2D eigenvalue weighted by atomic mass is 32.2. The molecule has 5 nitrogen and oxygen atoms in total. The summed E-state index contributed by atoms with van der Waals surface area (Å²) >= 11 is 0. The molecule has 0 bridgehead atoms. The Morgan fingerprint density at radius 2 is 1.90 bits per heavy atom. The quantitative estimate of drug-likeness (QED) is 0.762. The zero-order chi connectivity index (χ0) is 15.2. The Labute approximate surface area is 121 Å². The molecule has 0 fully saturated rings. The summed E-state index contributed by atoms with van der Waals surface area (Å²) in [5.74, 6) is 5.57. The van der Waals surface area contributed by atoms with Gasteiger partial charge in [0.15, 0.2) is 0 Å². The Bertz CT molecular complexity index is 583. The number of benzene rings is 1. The van der Waals surface area contributed by atoms with E-state index in [0.717, 1.165) is 5.56 Å². The van der Waals surface area contributed by atoms with E-state index in [1.54, 1.807) is 24.3 Å². The van der Waals surface area contributed by atoms with Crippen LogP contribution in [0.15, 0.2) is 29.2 Å². The van der Waals surface area contributed by atoms with E-state index in [-0.39, 0.29) is 17.5 Å². The predicted molar refractivity (Wildman–Crippen MR) is 80.7 cm³/mol. The van der Waals surface area contributed by atoms with E-state index >= 15 is 0 Å². The minimum absolute atomic E-state index is 0.125. The maximum atomic E-state index is 12.1. The van der Waals surface area contributed by atoms with E-state index in [9.17, 15) is 8.42 Å². The van der Waals surface area contributed by atoms with Crippen molar-refractivity contribution >= 4 is 10.0 Å². The molecule has 0 aliphatic carbocycles. The van der Waals surface area contributed by atoms with Gasteiger partial charge in [-0.05, 0) is 45.3 Å². The summed E-state index contributed by atoms with van der Waals surface area (Å²) in [6.45, 7) is 2.60. The first-order valence-electron chi connectivity index (χ1n) is 6.32. The Kier molecular flexibility index (Phi) is 6.17. The molecule has 0 saturated heterocycles. The van der Waals surface area contributed by atoms with Crippen LogP contribution >= 0.6 is 0 Å². The van der Waals surface area contributed by atoms with Gasteiger partial charge in [0.25, 0.3) is 0 Å². The zero-order valence-electron chi connectivity index (χ0n) is 12.1. The first-order valence-corrected chi connectivity index (χ1v) is 7.80. The number of rotatable bonds is 5. The lowest BCUT2D eigenvalue weighted by atomic mass is 10.2. The molecular weight excluding hydrogens is 274 g/mol. The lowest BCUT2D eigenvalue weighted by molar-refractivity contribution is 0.314. The van der Waals surface area contributed by atoms with Crippen LogP contribution in [0.25, 0.3) is 0 Å². The molecule has 0 saturated carbocycles. The molecule has 0 radical (unpaired) electrons. The number of nitrogens with two attached hydrogens (primary N) is 1. The lowest BCUT2D eigenvalue weighted by Gasteiger charge is -2.19. The number of hydrogen-bond acceptors (Lipinski definition) is 4. The Morgan fingerprint density at radius 3 is 2.40 bits per heavy atom. The molecule has 1 rings (SSSR count). The van der Waals surface area contributed by atoms with Crippen molar-refractivity contribution in [3.63, 3.8) is 0 Å². The van der Waals surface area contributed by atoms with Gasteiger partial charge in [-0.15, -0.1) is 0 Å². The van der Waals surface area contributed by atoms with Crippen LogP contribution in [0.4, 0.5) is 0 Å². The van der Waals surface area contributed by atoms with Gasteiger partial charge in [0, 0.05) is 18.2 Å². The van der Waals surface area contributed by atoms with Crippen molar-refractivity contribution < 1.29 is 8.42 Å². The summed E-state index contributed by atoms with van der Waals surface area (Å²) in [5.41, 5.74) is 6.03. The van der Waals surface area contributed by atoms with Crippen molar-refractivity contribution in [1.29, 1.82) is 0 Å². The zero-order valence-corrected chi connectivity index (χ0v) is 12.9. The van der Waals surface area contributed by atoms with Crippen molar-refractivity contribution in [1.82, 2.24) is 9.62 Å². The molecule has 0 heterocycles. The molecule has 1 unspecified atom stereocenters. The average molecular weight is 295 g/mol. The van der Waals surface area contributed by atoms with Crippen molar-refractivity contribution in [3.8, 4) is 11.8 Å². The minimum Gasteiger partial charge on any atom is -0.320 e. The maximum Gasteiger partial charge on any atom is 0.240 e. The van der Waals surface area contributed by atoms with Crippen LogP contribution < -0.4 is 10.5 Å². The second-order valence-electron chi connectivity index (χ2n) is 4.69. The minimum atomic E-state index is -3.48. The monoisotopic (exact) mass is 295 g/mol. The van der Waals surface area contributed by atoms with Gasteiger partial charge >= 0.3 is 0 Å². The largest absolute Gasteiger partial charge is 0.320 e. The number of hydrogen-bond donors (Lipinski definition) is 2. The molecule has 0 spiro atoms. The van der Waals surface area contributed by atoms with E-state index in [0.29, 0.717) is 6.54 Å². The van der Waals surface area contributed by atoms with Crippen LogP contribution in [-0.2, 0) is 10.0 Å². The molecule has 6 heteroatoms. The van der Waals surface area contributed by atoms with Gasteiger partial charge in [0.1, 0.15) is 0 Å². The smallest absolute Gasteiger partial charge is 0.240 e. The number of nitrogens with one attached hydrogen (secondary N) is 1. The van der Waals surface area contributed by atoms with Crippen LogP contribution in [0, 0.1) is 11.8 Å². The second-order valence-corrected chi connectivity index (χ2v) is 6.46. The average Bonchev–Trinajstić information content (AvgIpc) is 2.43. The molecular formula is C14H21N3O2S. The Balaban J connectivity index is 2.78. The van der Waals surface area contributed by atoms with E-state index in [1.807, 2.05) is 25.9 Å². The van der Waals surface area contributed by atoms with E-state index in [1.165, 1.54) is 0 Å². The van der Waals surface area contributed by atoms with Gasteiger partial charge in [-0.2, -0.15) is 0 Å². The van der Waals surface area contributed by atoms with Crippen LogP contribution in [0.5, 0.6) is 0 Å². The first kappa shape index (κ1) is 16.7. The molecule has 0 aromatic heterocycles. The molecule has 1 aromatic carbocycles. The summed E-state index contributed by atoms with van der Waals surface area (Å²) < 4.78 is 26.8. The SMILES string of the molecule is CC(CNS(=O)(=O)c1ccc(C#CCN)cc1)N(C)C. The highest BCUT2D eigenvalue weighted by Crippen LogP contribution is 2.10. The third kappa shape index (κ3) is 4.94. The van der Waals surface area contributed by atoms with E-state index < -0.39 is 10.0 Å². The molecule has 0 aliphatic heterocycles. The number of nitrogens with zero attached hydrogens (tertiary/aromatic N) is 1. The van der Waals surface area contributed by atoms with Crippen LogP contribution in [0.3, 0.4) is 0 Å². The molecule has 110 valence electrons. The fourth-order valence-electron chi connectivity index (χ4n) is 1.37. The third-order valence-electron chi connectivity index (χ3n) is 2.95. The second kappa shape index (κ2) is 7.41. The standard InChI is InChI=1S/C14H21N3O2S/c1-12(17(2)3)11-16-20(18,19)14-8-6-13(7-9-14)5-4-10-15/h6-9,12,16H,10-11,15H2,1-3H3. The van der Waals surface area contributed by atoms with Crippen molar-refractivity contribution in [2.45, 2.75) is 17.9 Å². The van der Waals surface area contributed by atoms with E-state index in [4.69, 9.17) is 5.73 Å². The van der Waals surface area contributed by atoms with Gasteiger partial charge in [-0.3, -0.25) is 0 Å². The highest BCUT2D eigenvalue weighted by Gasteiger charge is 2.15. The van der Waals surface area contributed by atoms with Crippen LogP contribution in [-0.4, -0.2) is 46.5 Å². The molecule has 1 atom stereocenters. The summed E-state index contributed by atoms with van der Waals surface area (Å²) in [6, 6.07) is 6.56. The van der Waals surface area contributed by atoms with Crippen molar-refractivity contribution in [3.05, 3.63) is 29.8 Å². The predicted octanol–water partition coefficient (Wildman–Crippen LogP) is 0.225. The highest BCUT2D eigenvalue weighted by molar-refractivity contribution is 7.89. The van der Waals surface area contributed by atoms with Gasteiger partial charge in [0.05, 0.1) is 11.4 Å². The molecule has 20 heavy (non-hydrogen) atoms. The van der Waals surface area contributed by atoms with Crippen LogP contribution in [0.1, 0.15) is 12.5 Å². The first-order chi connectivity index (χ1) is 9.36. The van der Waals surface area contributed by atoms with Crippen molar-refractivity contribution in [2.75, 3.05) is 27.2 Å². The summed E-state index contributed by atoms with van der Waals surface area (Å²) in [7, 11) is 0.338. The summed E-state index contributed by atoms with van der Waals surface area (Å²) in [4.78, 5) is 2.19. The fourth-order valence-corrected chi connectivity index (χ4v) is 2.49. The van der Waals surface area contributed by atoms with Gasteiger partial charge in [0.2, 0.25) is 10.0 Å². The molecule has 0 amide bonds. The molecule has 0 aliphatic rings. The molecule has 3 N–H and O–H groups in total. The van der Waals surface area contributed by atoms with Crippen LogP contribution in [0.2, 0.25) is 0 Å². The van der Waals surface area contributed by atoms with Gasteiger partial charge < -0.3 is 10.6 Å². The number of sulfonamides is 1. The normalized spacial score (nSPS) is 12.8. The summed E-state index contributed by atoms with van der Waals surface area (Å²) in [6.07, 6.45) is 0. The van der Waals surface area contributed by atoms with E-state index in [2.05, 4.69) is 16.6 Å². The Hall–Kier alpha value is -1.39. The van der Waals surface area contributed by atoms with Crippen molar-refractivity contribution in [2.24, 2.45) is 5.73 Å². The maximum absolute atomic E-state index is 12.1. The lowest BCUT2D eigenvalue weighted by Crippen LogP contribution is -2.38. The number of likely N-dealkylation sites (N-methyl/N-ethyl adjacent to an activating group) is 1. The fraction of sp³-hybridized carbons (Fsp3) is 0.429. The topological polar surface area (TPSA) is 75.4 Å². The molecule has 1 aromatic rings. The summed E-state index contributed by atoms with van der Waals surface area (Å²) in [5, 5.41) is 0.